The van der Waals surface area contributed by atoms with Crippen LogP contribution in [-0.4, -0.2) is 9.97 Å². The second kappa shape index (κ2) is 4.82. The van der Waals surface area contributed by atoms with Crippen molar-refractivity contribution in [2.45, 2.75) is 19.8 Å². The highest BCUT2D eigenvalue weighted by Gasteiger charge is 2.07. The summed E-state index contributed by atoms with van der Waals surface area (Å²) in [6, 6.07) is 7.66. The molecule has 2 aromatic heterocycles. The molecule has 3 N–H and O–H groups in total. The van der Waals surface area contributed by atoms with Crippen molar-refractivity contribution in [1.82, 2.24) is 9.97 Å². The molecule has 0 spiro atoms. The summed E-state index contributed by atoms with van der Waals surface area (Å²) >= 11 is 0. The van der Waals surface area contributed by atoms with Crippen LogP contribution in [0.5, 0.6) is 0 Å². The van der Waals surface area contributed by atoms with Crippen LogP contribution in [0, 0.1) is 0 Å². The van der Waals surface area contributed by atoms with E-state index in [1.807, 2.05) is 18.2 Å². The molecule has 4 heteroatoms. The van der Waals surface area contributed by atoms with Gasteiger partial charge in [0.1, 0.15) is 11.6 Å². The molecule has 2 aromatic rings. The molecule has 2 heterocycles. The molecule has 17 heavy (non-hydrogen) atoms. The van der Waals surface area contributed by atoms with E-state index >= 15 is 0 Å². The Morgan fingerprint density at radius 1 is 1.18 bits per heavy atom. The smallest absolute Gasteiger partial charge is 0.134 e. The molecule has 0 amide bonds. The molecule has 2 rings (SSSR count). The van der Waals surface area contributed by atoms with E-state index in [2.05, 4.69) is 35.2 Å². The summed E-state index contributed by atoms with van der Waals surface area (Å²) in [4.78, 5) is 8.53. The molecule has 0 saturated heterocycles. The number of nitrogens with one attached hydrogen (secondary N) is 1. The molecule has 0 aliphatic heterocycles. The van der Waals surface area contributed by atoms with Crippen LogP contribution in [-0.2, 0) is 0 Å². The van der Waals surface area contributed by atoms with Crippen LogP contribution in [0.3, 0.4) is 0 Å². The molecule has 0 bridgehead atoms. The second-order valence-electron chi connectivity index (χ2n) is 4.20. The molecule has 0 aliphatic carbocycles. The summed E-state index contributed by atoms with van der Waals surface area (Å²) in [5.74, 6) is 2.01. The first-order valence-corrected chi connectivity index (χ1v) is 5.60. The maximum atomic E-state index is 5.59. The highest BCUT2D eigenvalue weighted by molar-refractivity contribution is 5.57. The third kappa shape index (κ3) is 2.72. The number of nitrogen functional groups attached to an aromatic ring is 1. The van der Waals surface area contributed by atoms with E-state index in [-0.39, 0.29) is 0 Å². The normalized spacial score (nSPS) is 10.5. The number of pyridine rings is 2. The van der Waals surface area contributed by atoms with Gasteiger partial charge in [0.2, 0.25) is 0 Å². The third-order valence-electron chi connectivity index (χ3n) is 2.49. The molecule has 0 fully saturated rings. The van der Waals surface area contributed by atoms with Crippen molar-refractivity contribution in [1.29, 1.82) is 0 Å². The Kier molecular flexibility index (Phi) is 3.23. The average Bonchev–Trinajstić information content (AvgIpc) is 2.32. The Labute approximate surface area is 101 Å². The van der Waals surface area contributed by atoms with E-state index in [1.165, 1.54) is 5.56 Å². The summed E-state index contributed by atoms with van der Waals surface area (Å²) in [5.41, 5.74) is 7.42. The van der Waals surface area contributed by atoms with E-state index in [0.717, 1.165) is 11.6 Å². The van der Waals surface area contributed by atoms with Gasteiger partial charge in [-0.2, -0.15) is 0 Å². The lowest BCUT2D eigenvalue weighted by Gasteiger charge is -2.12. The average molecular weight is 228 g/mol. The van der Waals surface area contributed by atoms with Crippen LogP contribution in [0.15, 0.2) is 36.7 Å². The molecule has 0 radical (unpaired) electrons. The van der Waals surface area contributed by atoms with Crippen molar-refractivity contribution in [3.05, 3.63) is 42.2 Å². The first-order valence-electron chi connectivity index (χ1n) is 5.60. The van der Waals surface area contributed by atoms with Gasteiger partial charge in [-0.05, 0) is 29.7 Å². The van der Waals surface area contributed by atoms with Crippen LogP contribution in [0.2, 0.25) is 0 Å². The zero-order valence-electron chi connectivity index (χ0n) is 10.0. The third-order valence-corrected chi connectivity index (χ3v) is 2.49. The Morgan fingerprint density at radius 3 is 2.65 bits per heavy atom. The maximum Gasteiger partial charge on any atom is 0.134 e. The van der Waals surface area contributed by atoms with E-state index < -0.39 is 0 Å². The van der Waals surface area contributed by atoms with E-state index in [0.29, 0.717) is 11.6 Å². The number of nitrogens with zero attached hydrogens (tertiary/aromatic N) is 2. The molecule has 4 nitrogen and oxygen atoms in total. The Morgan fingerprint density at radius 2 is 2.00 bits per heavy atom. The zero-order valence-corrected chi connectivity index (χ0v) is 10.0. The summed E-state index contributed by atoms with van der Waals surface area (Å²) in [6.07, 6.45) is 3.39. The summed E-state index contributed by atoms with van der Waals surface area (Å²) in [7, 11) is 0. The lowest BCUT2D eigenvalue weighted by molar-refractivity contribution is 0.861. The van der Waals surface area contributed by atoms with Gasteiger partial charge in [-0.15, -0.1) is 0 Å². The van der Waals surface area contributed by atoms with Crippen molar-refractivity contribution in [3.8, 4) is 0 Å². The minimum Gasteiger partial charge on any atom is -0.397 e. The minimum absolute atomic E-state index is 0.417. The lowest BCUT2D eigenvalue weighted by Crippen LogP contribution is -2.01. The van der Waals surface area contributed by atoms with E-state index in [1.54, 1.807) is 12.4 Å². The van der Waals surface area contributed by atoms with Gasteiger partial charge in [0, 0.05) is 6.20 Å². The summed E-state index contributed by atoms with van der Waals surface area (Å²) in [6.45, 7) is 4.28. The predicted octanol–water partition coefficient (Wildman–Crippen LogP) is 2.93. The monoisotopic (exact) mass is 228 g/mol. The first-order chi connectivity index (χ1) is 8.16. The number of hydrogen-bond donors (Lipinski definition) is 2. The SMILES string of the molecule is CC(C)c1cccnc1Nc1ccc(N)cn1. The number of aromatic nitrogens is 2. The Hall–Kier alpha value is -2.10. The number of hydrogen-bond acceptors (Lipinski definition) is 4. The molecule has 0 saturated carbocycles. The van der Waals surface area contributed by atoms with Gasteiger partial charge in [-0.1, -0.05) is 19.9 Å². The van der Waals surface area contributed by atoms with Gasteiger partial charge in [0.15, 0.2) is 0 Å². The lowest BCUT2D eigenvalue weighted by atomic mass is 10.0. The van der Waals surface area contributed by atoms with E-state index in [4.69, 9.17) is 5.73 Å². The number of rotatable bonds is 3. The van der Waals surface area contributed by atoms with Crippen molar-refractivity contribution in [2.75, 3.05) is 11.1 Å². The number of anilines is 3. The van der Waals surface area contributed by atoms with Crippen molar-refractivity contribution < 1.29 is 0 Å². The van der Waals surface area contributed by atoms with Crippen molar-refractivity contribution in [2.24, 2.45) is 0 Å². The largest absolute Gasteiger partial charge is 0.397 e. The fraction of sp³-hybridized carbons (Fsp3) is 0.231. The van der Waals surface area contributed by atoms with Crippen LogP contribution < -0.4 is 11.1 Å². The Bertz CT molecular complexity index is 491. The molecular formula is C13H16N4. The summed E-state index contributed by atoms with van der Waals surface area (Å²) in [5, 5.41) is 3.20. The molecule has 0 atom stereocenters. The molecule has 0 aliphatic rings. The van der Waals surface area contributed by atoms with Crippen molar-refractivity contribution >= 4 is 17.3 Å². The van der Waals surface area contributed by atoms with Gasteiger partial charge in [0.05, 0.1) is 11.9 Å². The quantitative estimate of drug-likeness (QED) is 0.847. The standard InChI is InChI=1S/C13H16N4/c1-9(2)11-4-3-7-15-13(11)17-12-6-5-10(14)8-16-12/h3-9H,14H2,1-2H3,(H,15,16,17). The van der Waals surface area contributed by atoms with Gasteiger partial charge < -0.3 is 11.1 Å². The number of nitrogens with two attached hydrogens (primary N) is 1. The first kappa shape index (κ1) is 11.4. The van der Waals surface area contributed by atoms with Gasteiger partial charge in [-0.25, -0.2) is 9.97 Å². The van der Waals surface area contributed by atoms with Crippen LogP contribution >= 0.6 is 0 Å². The van der Waals surface area contributed by atoms with Crippen molar-refractivity contribution in [3.63, 3.8) is 0 Å². The van der Waals surface area contributed by atoms with Crippen LogP contribution in [0.4, 0.5) is 17.3 Å². The molecule has 0 unspecified atom stereocenters. The fourth-order valence-corrected chi connectivity index (χ4v) is 1.59. The fourth-order valence-electron chi connectivity index (χ4n) is 1.59. The topological polar surface area (TPSA) is 63.8 Å². The molecule has 0 aromatic carbocycles. The predicted molar refractivity (Wildman–Crippen MR) is 70.3 cm³/mol. The maximum absolute atomic E-state index is 5.59. The van der Waals surface area contributed by atoms with Gasteiger partial charge in [0.25, 0.3) is 0 Å². The van der Waals surface area contributed by atoms with Gasteiger partial charge >= 0.3 is 0 Å². The summed E-state index contributed by atoms with van der Waals surface area (Å²) < 4.78 is 0. The molecular weight excluding hydrogens is 212 g/mol. The van der Waals surface area contributed by atoms with Crippen LogP contribution in [0.25, 0.3) is 0 Å². The highest BCUT2D eigenvalue weighted by atomic mass is 15.1. The van der Waals surface area contributed by atoms with E-state index in [9.17, 15) is 0 Å². The van der Waals surface area contributed by atoms with Gasteiger partial charge in [-0.3, -0.25) is 0 Å². The molecule has 88 valence electrons. The van der Waals surface area contributed by atoms with Crippen LogP contribution in [0.1, 0.15) is 25.3 Å². The Balaban J connectivity index is 2.26. The highest BCUT2D eigenvalue weighted by Crippen LogP contribution is 2.23. The second-order valence-corrected chi connectivity index (χ2v) is 4.20. The zero-order chi connectivity index (χ0) is 12.3. The minimum atomic E-state index is 0.417.